The van der Waals surface area contributed by atoms with Crippen LogP contribution < -0.4 is 14.8 Å². The summed E-state index contributed by atoms with van der Waals surface area (Å²) in [7, 11) is -3.67. The van der Waals surface area contributed by atoms with E-state index in [4.69, 9.17) is 4.74 Å². The van der Waals surface area contributed by atoms with E-state index in [-0.39, 0.29) is 23.8 Å². The van der Waals surface area contributed by atoms with Gasteiger partial charge < -0.3 is 10.1 Å². The van der Waals surface area contributed by atoms with Gasteiger partial charge in [0.15, 0.2) is 5.13 Å². The number of rotatable bonds is 9. The van der Waals surface area contributed by atoms with Crippen LogP contribution in [0.3, 0.4) is 0 Å². The number of aromatic nitrogens is 1. The molecule has 0 unspecified atom stereocenters. The van der Waals surface area contributed by atoms with Crippen molar-refractivity contribution in [3.05, 3.63) is 34.8 Å². The van der Waals surface area contributed by atoms with E-state index < -0.39 is 10.0 Å². The van der Waals surface area contributed by atoms with E-state index in [1.54, 1.807) is 12.1 Å². The van der Waals surface area contributed by atoms with Crippen molar-refractivity contribution in [1.29, 1.82) is 0 Å². The zero-order valence-corrected chi connectivity index (χ0v) is 16.7. The second-order valence-electron chi connectivity index (χ2n) is 5.48. The van der Waals surface area contributed by atoms with Crippen LogP contribution in [0, 0.1) is 6.92 Å². The second kappa shape index (κ2) is 9.11. The average Bonchev–Trinajstić information content (AvgIpc) is 2.94. The molecule has 0 fully saturated rings. The van der Waals surface area contributed by atoms with Crippen molar-refractivity contribution in [3.63, 3.8) is 0 Å². The molecule has 0 saturated carbocycles. The summed E-state index contributed by atoms with van der Waals surface area (Å²) in [4.78, 5) is 17.5. The van der Waals surface area contributed by atoms with Gasteiger partial charge in [0.25, 0.3) is 0 Å². The van der Waals surface area contributed by atoms with Crippen LogP contribution in [0.1, 0.15) is 30.8 Å². The zero-order valence-electron chi connectivity index (χ0n) is 15.0. The van der Waals surface area contributed by atoms with Crippen LogP contribution in [0.2, 0.25) is 0 Å². The summed E-state index contributed by atoms with van der Waals surface area (Å²) < 4.78 is 32.2. The molecule has 1 heterocycles. The van der Waals surface area contributed by atoms with Crippen LogP contribution in [-0.4, -0.2) is 32.5 Å². The molecule has 1 aromatic heterocycles. The SMILES string of the molecule is CCOc1ccc(S(=O)(=O)NCCC(=O)Nc2nc(CC)c(C)s2)cc1. The van der Waals surface area contributed by atoms with E-state index in [0.717, 1.165) is 17.0 Å². The zero-order chi connectivity index (χ0) is 19.2. The lowest BCUT2D eigenvalue weighted by molar-refractivity contribution is -0.116. The number of carbonyl (C=O) groups is 1. The van der Waals surface area contributed by atoms with E-state index in [9.17, 15) is 13.2 Å². The van der Waals surface area contributed by atoms with Crippen molar-refractivity contribution in [2.24, 2.45) is 0 Å². The monoisotopic (exact) mass is 397 g/mol. The van der Waals surface area contributed by atoms with Crippen molar-refractivity contribution < 1.29 is 17.9 Å². The summed E-state index contributed by atoms with van der Waals surface area (Å²) >= 11 is 1.41. The maximum Gasteiger partial charge on any atom is 0.240 e. The van der Waals surface area contributed by atoms with Gasteiger partial charge in [-0.3, -0.25) is 4.79 Å². The van der Waals surface area contributed by atoms with E-state index in [1.807, 2.05) is 20.8 Å². The Morgan fingerprint density at radius 1 is 1.23 bits per heavy atom. The normalized spacial score (nSPS) is 11.3. The number of amides is 1. The van der Waals surface area contributed by atoms with E-state index in [0.29, 0.717) is 17.5 Å². The van der Waals surface area contributed by atoms with Crippen LogP contribution >= 0.6 is 11.3 Å². The largest absolute Gasteiger partial charge is 0.494 e. The van der Waals surface area contributed by atoms with Gasteiger partial charge in [-0.15, -0.1) is 11.3 Å². The molecular weight excluding hydrogens is 374 g/mol. The highest BCUT2D eigenvalue weighted by atomic mass is 32.2. The van der Waals surface area contributed by atoms with Gasteiger partial charge in [-0.2, -0.15) is 0 Å². The molecule has 26 heavy (non-hydrogen) atoms. The number of hydrogen-bond acceptors (Lipinski definition) is 6. The first-order valence-corrected chi connectivity index (χ1v) is 10.6. The highest BCUT2D eigenvalue weighted by molar-refractivity contribution is 7.89. The van der Waals surface area contributed by atoms with Crippen LogP contribution in [0.5, 0.6) is 5.75 Å². The third kappa shape index (κ3) is 5.52. The number of anilines is 1. The molecule has 0 aliphatic carbocycles. The molecule has 0 aliphatic rings. The summed E-state index contributed by atoms with van der Waals surface area (Å²) in [6.45, 7) is 6.33. The molecule has 142 valence electrons. The molecule has 0 radical (unpaired) electrons. The Hall–Kier alpha value is -1.97. The van der Waals surface area contributed by atoms with Crippen LogP contribution in [-0.2, 0) is 21.2 Å². The maximum atomic E-state index is 12.2. The minimum Gasteiger partial charge on any atom is -0.494 e. The Bertz CT molecular complexity index is 845. The molecule has 2 aromatic rings. The summed E-state index contributed by atoms with van der Waals surface area (Å²) in [5, 5.41) is 3.24. The maximum absolute atomic E-state index is 12.2. The lowest BCUT2D eigenvalue weighted by Crippen LogP contribution is -2.27. The predicted molar refractivity (Wildman–Crippen MR) is 102 cm³/mol. The van der Waals surface area contributed by atoms with Gasteiger partial charge in [-0.1, -0.05) is 6.92 Å². The molecule has 9 heteroatoms. The quantitative estimate of drug-likeness (QED) is 0.678. The first-order chi connectivity index (χ1) is 12.4. The fraction of sp³-hybridized carbons (Fsp3) is 0.412. The highest BCUT2D eigenvalue weighted by Crippen LogP contribution is 2.22. The van der Waals surface area contributed by atoms with Gasteiger partial charge in [0, 0.05) is 17.8 Å². The number of nitrogens with zero attached hydrogens (tertiary/aromatic N) is 1. The fourth-order valence-electron chi connectivity index (χ4n) is 2.26. The third-order valence-corrected chi connectivity index (χ3v) is 5.97. The van der Waals surface area contributed by atoms with Crippen LogP contribution in [0.4, 0.5) is 5.13 Å². The molecule has 1 amide bonds. The smallest absolute Gasteiger partial charge is 0.240 e. The number of ether oxygens (including phenoxy) is 1. The molecule has 0 bridgehead atoms. The van der Waals surface area contributed by atoms with Crippen molar-refractivity contribution in [1.82, 2.24) is 9.71 Å². The van der Waals surface area contributed by atoms with Crippen molar-refractivity contribution in [2.45, 2.75) is 38.5 Å². The lowest BCUT2D eigenvalue weighted by atomic mass is 10.3. The van der Waals surface area contributed by atoms with Crippen LogP contribution in [0.15, 0.2) is 29.2 Å². The standard InChI is InChI=1S/C17H23N3O4S2/c1-4-15-12(3)25-17(19-15)20-16(21)10-11-18-26(22,23)14-8-6-13(7-9-14)24-5-2/h6-9,18H,4-5,10-11H2,1-3H3,(H,19,20,21). The van der Waals surface area contributed by atoms with Gasteiger partial charge in [0.05, 0.1) is 17.2 Å². The molecule has 0 saturated heterocycles. The second-order valence-corrected chi connectivity index (χ2v) is 8.45. The lowest BCUT2D eigenvalue weighted by Gasteiger charge is -2.08. The summed E-state index contributed by atoms with van der Waals surface area (Å²) in [5.74, 6) is 0.326. The Morgan fingerprint density at radius 2 is 1.92 bits per heavy atom. The number of hydrogen-bond donors (Lipinski definition) is 2. The molecule has 2 rings (SSSR count). The minimum atomic E-state index is -3.67. The number of thiazole rings is 1. The highest BCUT2D eigenvalue weighted by Gasteiger charge is 2.15. The van der Waals surface area contributed by atoms with Gasteiger partial charge in [0.1, 0.15) is 5.75 Å². The molecule has 0 aliphatic heterocycles. The van der Waals surface area contributed by atoms with Gasteiger partial charge >= 0.3 is 0 Å². The first kappa shape index (κ1) is 20.3. The Labute approximate surface area is 157 Å². The Balaban J connectivity index is 1.86. The van der Waals surface area contributed by atoms with Crippen molar-refractivity contribution >= 4 is 32.4 Å². The molecule has 0 atom stereocenters. The van der Waals surface area contributed by atoms with Crippen molar-refractivity contribution in [2.75, 3.05) is 18.5 Å². The van der Waals surface area contributed by atoms with Crippen molar-refractivity contribution in [3.8, 4) is 5.75 Å². The number of aryl methyl sites for hydroxylation is 2. The molecular formula is C17H23N3O4S2. The molecule has 7 nitrogen and oxygen atoms in total. The number of benzene rings is 1. The molecule has 1 aromatic carbocycles. The Kier molecular flexibility index (Phi) is 7.13. The minimum absolute atomic E-state index is 0.00632. The van der Waals surface area contributed by atoms with Gasteiger partial charge in [-0.25, -0.2) is 18.1 Å². The van der Waals surface area contributed by atoms with E-state index in [1.165, 1.54) is 23.5 Å². The average molecular weight is 398 g/mol. The first-order valence-electron chi connectivity index (χ1n) is 8.34. The van der Waals surface area contributed by atoms with Crippen LogP contribution in [0.25, 0.3) is 0 Å². The summed E-state index contributed by atoms with van der Waals surface area (Å²) in [5.41, 5.74) is 0.960. The molecule has 0 spiro atoms. The number of carbonyl (C=O) groups excluding carboxylic acids is 1. The molecule has 2 N–H and O–H groups in total. The topological polar surface area (TPSA) is 97.4 Å². The fourth-order valence-corrected chi connectivity index (χ4v) is 4.21. The summed E-state index contributed by atoms with van der Waals surface area (Å²) in [6, 6.07) is 6.14. The van der Waals surface area contributed by atoms with E-state index >= 15 is 0 Å². The van der Waals surface area contributed by atoms with Gasteiger partial charge in [-0.05, 0) is 44.5 Å². The number of nitrogens with one attached hydrogen (secondary N) is 2. The number of sulfonamides is 1. The van der Waals surface area contributed by atoms with E-state index in [2.05, 4.69) is 15.0 Å². The van der Waals surface area contributed by atoms with Gasteiger partial charge in [0.2, 0.25) is 15.9 Å². The third-order valence-electron chi connectivity index (χ3n) is 3.56. The predicted octanol–water partition coefficient (Wildman–Crippen LogP) is 2.72. The summed E-state index contributed by atoms with van der Waals surface area (Å²) in [6.07, 6.45) is 0.830. The Morgan fingerprint density at radius 3 is 2.50 bits per heavy atom.